The lowest BCUT2D eigenvalue weighted by Crippen LogP contribution is -2.46. The molecule has 0 radical (unpaired) electrons. The third-order valence-electron chi connectivity index (χ3n) is 3.93. The third kappa shape index (κ3) is 3.90. The van der Waals surface area contributed by atoms with Crippen LogP contribution in [0.2, 0.25) is 10.0 Å². The Morgan fingerprint density at radius 2 is 1.81 bits per heavy atom. The molecule has 1 N–H and O–H groups in total. The van der Waals surface area contributed by atoms with Gasteiger partial charge in [-0.1, -0.05) is 23.2 Å². The molecule has 2 amide bonds. The summed E-state index contributed by atoms with van der Waals surface area (Å²) >= 11 is 12.0. The second kappa shape index (κ2) is 7.34. The lowest BCUT2D eigenvalue weighted by molar-refractivity contribution is 0.243. The molecule has 1 aliphatic heterocycles. The number of nitrogens with one attached hydrogen (secondary N) is 1. The predicted octanol–water partition coefficient (Wildman–Crippen LogP) is 3.99. The summed E-state index contributed by atoms with van der Waals surface area (Å²) < 4.78 is 30.1. The van der Waals surface area contributed by atoms with Gasteiger partial charge < -0.3 is 9.50 Å². The van der Waals surface area contributed by atoms with Crippen LogP contribution in [0.4, 0.5) is 10.5 Å². The molecule has 138 valence electrons. The first-order valence-corrected chi connectivity index (χ1v) is 10.00. The number of halogens is 2. The van der Waals surface area contributed by atoms with E-state index in [0.717, 1.165) is 6.42 Å². The van der Waals surface area contributed by atoms with Gasteiger partial charge in [0.1, 0.15) is 4.90 Å². The van der Waals surface area contributed by atoms with E-state index in [-0.39, 0.29) is 21.7 Å². The number of anilines is 1. The molecule has 1 aliphatic rings. The first-order chi connectivity index (χ1) is 12.3. The standard InChI is InChI=1S/C17H16Cl2N2O4S/c1-11-9-15(19)16(10-14(11)18)25-26(23,24)13-5-3-12(4-6-13)21-8-2-7-20-17(21)22/h3-6,9-10H,2,7-8H2,1H3,(H,20,22). The number of amides is 2. The van der Waals surface area contributed by atoms with Gasteiger partial charge in [0.15, 0.2) is 5.75 Å². The van der Waals surface area contributed by atoms with Crippen molar-refractivity contribution >= 4 is 45.0 Å². The Balaban J connectivity index is 1.84. The van der Waals surface area contributed by atoms with E-state index in [1.54, 1.807) is 24.0 Å². The van der Waals surface area contributed by atoms with E-state index >= 15 is 0 Å². The summed E-state index contributed by atoms with van der Waals surface area (Å²) in [6, 6.07) is 8.59. The molecule has 0 atom stereocenters. The van der Waals surface area contributed by atoms with Gasteiger partial charge in [-0.15, -0.1) is 0 Å². The molecule has 1 heterocycles. The Morgan fingerprint density at radius 1 is 1.12 bits per heavy atom. The molecule has 6 nitrogen and oxygen atoms in total. The smallest absolute Gasteiger partial charge is 0.339 e. The number of aryl methyl sites for hydroxylation is 1. The van der Waals surface area contributed by atoms with Gasteiger partial charge in [0, 0.05) is 29.9 Å². The SMILES string of the molecule is Cc1cc(Cl)c(OS(=O)(=O)c2ccc(N3CCCNC3=O)cc2)cc1Cl. The molecule has 1 fully saturated rings. The highest BCUT2D eigenvalue weighted by molar-refractivity contribution is 7.87. The summed E-state index contributed by atoms with van der Waals surface area (Å²) in [6.07, 6.45) is 0.821. The minimum Gasteiger partial charge on any atom is -0.377 e. The average molecular weight is 415 g/mol. The van der Waals surface area contributed by atoms with Crippen LogP contribution in [0.3, 0.4) is 0 Å². The van der Waals surface area contributed by atoms with Crippen LogP contribution in [0.25, 0.3) is 0 Å². The van der Waals surface area contributed by atoms with Crippen molar-refractivity contribution in [3.8, 4) is 5.75 Å². The fourth-order valence-corrected chi connectivity index (χ4v) is 3.92. The lowest BCUT2D eigenvalue weighted by atomic mass is 10.2. The molecule has 3 rings (SSSR count). The number of rotatable bonds is 4. The van der Waals surface area contributed by atoms with E-state index in [4.69, 9.17) is 27.4 Å². The summed E-state index contributed by atoms with van der Waals surface area (Å²) in [5, 5.41) is 3.24. The zero-order valence-corrected chi connectivity index (χ0v) is 16.2. The van der Waals surface area contributed by atoms with Crippen molar-refractivity contribution in [3.63, 3.8) is 0 Å². The molecule has 26 heavy (non-hydrogen) atoms. The molecule has 0 aliphatic carbocycles. The van der Waals surface area contributed by atoms with Crippen molar-refractivity contribution in [3.05, 3.63) is 52.0 Å². The summed E-state index contributed by atoms with van der Waals surface area (Å²) in [4.78, 5) is 13.4. The minimum atomic E-state index is -4.09. The second-order valence-corrected chi connectivity index (χ2v) is 8.16. The van der Waals surface area contributed by atoms with Crippen molar-refractivity contribution in [1.29, 1.82) is 0 Å². The monoisotopic (exact) mass is 414 g/mol. The van der Waals surface area contributed by atoms with E-state index in [1.165, 1.54) is 24.3 Å². The Hall–Kier alpha value is -1.96. The van der Waals surface area contributed by atoms with E-state index in [9.17, 15) is 13.2 Å². The first-order valence-electron chi connectivity index (χ1n) is 7.83. The molecule has 0 unspecified atom stereocenters. The summed E-state index contributed by atoms with van der Waals surface area (Å²) in [5.41, 5.74) is 1.32. The zero-order valence-electron chi connectivity index (χ0n) is 13.8. The number of carbonyl (C=O) groups excluding carboxylic acids is 1. The maximum absolute atomic E-state index is 12.5. The van der Waals surface area contributed by atoms with Gasteiger partial charge in [0.25, 0.3) is 0 Å². The average Bonchev–Trinajstić information content (AvgIpc) is 2.60. The van der Waals surface area contributed by atoms with E-state index in [2.05, 4.69) is 5.32 Å². The molecule has 9 heteroatoms. The second-order valence-electron chi connectivity index (χ2n) is 5.80. The Bertz CT molecular complexity index is 946. The minimum absolute atomic E-state index is 0.0400. The van der Waals surface area contributed by atoms with Crippen LogP contribution in [0.1, 0.15) is 12.0 Å². The molecule has 1 saturated heterocycles. The number of hydrogen-bond donors (Lipinski definition) is 1. The lowest BCUT2D eigenvalue weighted by Gasteiger charge is -2.27. The topological polar surface area (TPSA) is 75.7 Å². The largest absolute Gasteiger partial charge is 0.377 e. The first kappa shape index (κ1) is 18.8. The quantitative estimate of drug-likeness (QED) is 0.767. The highest BCUT2D eigenvalue weighted by Gasteiger charge is 2.22. The van der Waals surface area contributed by atoms with Crippen molar-refractivity contribution in [2.24, 2.45) is 0 Å². The van der Waals surface area contributed by atoms with Crippen molar-refractivity contribution < 1.29 is 17.4 Å². The highest BCUT2D eigenvalue weighted by atomic mass is 35.5. The molecule has 2 aromatic carbocycles. The van der Waals surface area contributed by atoms with Crippen LogP contribution in [-0.4, -0.2) is 27.5 Å². The number of carbonyl (C=O) groups is 1. The molecular formula is C17H16Cl2N2O4S. The molecule has 2 aromatic rings. The Labute approximate surface area is 161 Å². The van der Waals surface area contributed by atoms with Crippen LogP contribution in [0, 0.1) is 6.92 Å². The summed E-state index contributed by atoms with van der Waals surface area (Å²) in [7, 11) is -4.09. The predicted molar refractivity (Wildman–Crippen MR) is 101 cm³/mol. The number of benzene rings is 2. The van der Waals surface area contributed by atoms with Crippen LogP contribution in [0.15, 0.2) is 41.3 Å². The van der Waals surface area contributed by atoms with Crippen molar-refractivity contribution in [1.82, 2.24) is 5.32 Å². The normalized spacial score (nSPS) is 14.9. The molecule has 0 spiro atoms. The van der Waals surface area contributed by atoms with Gasteiger partial charge >= 0.3 is 16.1 Å². The zero-order chi connectivity index (χ0) is 18.9. The molecular weight excluding hydrogens is 399 g/mol. The fourth-order valence-electron chi connectivity index (χ4n) is 2.53. The van der Waals surface area contributed by atoms with Gasteiger partial charge in [-0.25, -0.2) is 4.79 Å². The van der Waals surface area contributed by atoms with E-state index in [1.807, 2.05) is 0 Å². The third-order valence-corrected chi connectivity index (χ3v) is 5.88. The maximum atomic E-state index is 12.5. The number of urea groups is 1. The molecule has 0 saturated carbocycles. The van der Waals surface area contributed by atoms with Gasteiger partial charge in [-0.3, -0.25) is 4.90 Å². The van der Waals surface area contributed by atoms with Gasteiger partial charge in [0.05, 0.1) is 5.02 Å². The molecule has 0 bridgehead atoms. The van der Waals surface area contributed by atoms with Crippen molar-refractivity contribution in [2.75, 3.05) is 18.0 Å². The highest BCUT2D eigenvalue weighted by Crippen LogP contribution is 2.33. The maximum Gasteiger partial charge on any atom is 0.339 e. The van der Waals surface area contributed by atoms with Crippen LogP contribution < -0.4 is 14.4 Å². The summed E-state index contributed by atoms with van der Waals surface area (Å²) in [6.45, 7) is 2.96. The van der Waals surface area contributed by atoms with Gasteiger partial charge in [-0.2, -0.15) is 8.42 Å². The van der Waals surface area contributed by atoms with Gasteiger partial charge in [0.2, 0.25) is 0 Å². The van der Waals surface area contributed by atoms with Crippen LogP contribution in [-0.2, 0) is 10.1 Å². The Kier molecular flexibility index (Phi) is 5.32. The van der Waals surface area contributed by atoms with Crippen molar-refractivity contribution in [2.45, 2.75) is 18.2 Å². The van der Waals surface area contributed by atoms with Crippen LogP contribution in [0.5, 0.6) is 5.75 Å². The number of hydrogen-bond acceptors (Lipinski definition) is 4. The number of nitrogens with zero attached hydrogens (tertiary/aromatic N) is 1. The van der Waals surface area contributed by atoms with E-state index < -0.39 is 10.1 Å². The van der Waals surface area contributed by atoms with Crippen LogP contribution >= 0.6 is 23.2 Å². The van der Waals surface area contributed by atoms with E-state index in [0.29, 0.717) is 29.4 Å². The fraction of sp³-hybridized carbons (Fsp3) is 0.235. The van der Waals surface area contributed by atoms with Gasteiger partial charge in [-0.05, 0) is 49.2 Å². The summed E-state index contributed by atoms with van der Waals surface area (Å²) in [5.74, 6) is -0.0400. The molecule has 0 aromatic heterocycles. The Morgan fingerprint density at radius 3 is 2.46 bits per heavy atom.